The molecule has 19 heavy (non-hydrogen) atoms. The summed E-state index contributed by atoms with van der Waals surface area (Å²) in [6, 6.07) is 0.501. The summed E-state index contributed by atoms with van der Waals surface area (Å²) in [5, 5.41) is 8.01. The molecule has 1 unspecified atom stereocenters. The number of nitrogens with zero attached hydrogens (tertiary/aromatic N) is 2. The molecule has 1 heterocycles. The van der Waals surface area contributed by atoms with Crippen LogP contribution in [0.1, 0.15) is 64.0 Å². The van der Waals surface area contributed by atoms with Crippen LogP contribution in [0, 0.1) is 11.8 Å². The summed E-state index contributed by atoms with van der Waals surface area (Å²) in [5.74, 6) is 1.77. The van der Waals surface area contributed by atoms with E-state index < -0.39 is 0 Å². The molecule has 1 N–H and O–H groups in total. The maximum absolute atomic E-state index is 4.34. The van der Waals surface area contributed by atoms with Crippen LogP contribution in [0.3, 0.4) is 0 Å². The number of hydrogen-bond acceptors (Lipinski definition) is 2. The molecule has 0 aromatic carbocycles. The minimum absolute atomic E-state index is 0.501. The SMILES string of the molecule is CCCC1CCC(C(NCC)c2cnn(C)c2)CC1. The number of rotatable bonds is 6. The van der Waals surface area contributed by atoms with Crippen LogP contribution in [0.25, 0.3) is 0 Å². The van der Waals surface area contributed by atoms with Crippen molar-refractivity contribution in [1.29, 1.82) is 0 Å². The van der Waals surface area contributed by atoms with Crippen molar-refractivity contribution in [3.05, 3.63) is 18.0 Å². The summed E-state index contributed by atoms with van der Waals surface area (Å²) < 4.78 is 1.92. The molecule has 0 radical (unpaired) electrons. The zero-order valence-electron chi connectivity index (χ0n) is 12.7. The van der Waals surface area contributed by atoms with Gasteiger partial charge in [-0.05, 0) is 31.2 Å². The summed E-state index contributed by atoms with van der Waals surface area (Å²) in [6.45, 7) is 5.55. The number of nitrogens with one attached hydrogen (secondary N) is 1. The molecule has 0 saturated heterocycles. The van der Waals surface area contributed by atoms with E-state index >= 15 is 0 Å². The Morgan fingerprint density at radius 1 is 1.32 bits per heavy atom. The lowest BCUT2D eigenvalue weighted by molar-refractivity contribution is 0.215. The number of aromatic nitrogens is 2. The van der Waals surface area contributed by atoms with Gasteiger partial charge >= 0.3 is 0 Å². The first-order chi connectivity index (χ1) is 9.24. The molecule has 1 aromatic rings. The molecule has 0 amide bonds. The Morgan fingerprint density at radius 2 is 2.05 bits per heavy atom. The average Bonchev–Trinajstić information content (AvgIpc) is 2.84. The van der Waals surface area contributed by atoms with E-state index in [4.69, 9.17) is 0 Å². The lowest BCUT2D eigenvalue weighted by atomic mass is 9.76. The fraction of sp³-hybridized carbons (Fsp3) is 0.812. The van der Waals surface area contributed by atoms with Crippen LogP contribution in [0.2, 0.25) is 0 Å². The van der Waals surface area contributed by atoms with Crippen molar-refractivity contribution in [3.63, 3.8) is 0 Å². The van der Waals surface area contributed by atoms with Gasteiger partial charge < -0.3 is 5.32 Å². The van der Waals surface area contributed by atoms with Gasteiger partial charge in [-0.15, -0.1) is 0 Å². The highest BCUT2D eigenvalue weighted by Gasteiger charge is 2.28. The highest BCUT2D eigenvalue weighted by molar-refractivity contribution is 5.12. The molecular formula is C16H29N3. The largest absolute Gasteiger partial charge is 0.310 e. The van der Waals surface area contributed by atoms with Gasteiger partial charge in [0.2, 0.25) is 0 Å². The molecule has 1 saturated carbocycles. The molecule has 3 heteroatoms. The van der Waals surface area contributed by atoms with Gasteiger partial charge in [0.25, 0.3) is 0 Å². The fourth-order valence-corrected chi connectivity index (χ4v) is 3.60. The van der Waals surface area contributed by atoms with Crippen molar-refractivity contribution in [1.82, 2.24) is 15.1 Å². The molecule has 1 atom stereocenters. The lowest BCUT2D eigenvalue weighted by Gasteiger charge is -2.34. The Hall–Kier alpha value is -0.830. The van der Waals surface area contributed by atoms with Gasteiger partial charge in [0.15, 0.2) is 0 Å². The van der Waals surface area contributed by atoms with E-state index in [0.717, 1.165) is 18.4 Å². The van der Waals surface area contributed by atoms with Crippen LogP contribution in [0.5, 0.6) is 0 Å². The van der Waals surface area contributed by atoms with Crippen LogP contribution >= 0.6 is 0 Å². The van der Waals surface area contributed by atoms with Gasteiger partial charge in [-0.3, -0.25) is 4.68 Å². The second kappa shape index (κ2) is 7.09. The molecule has 0 spiro atoms. The zero-order chi connectivity index (χ0) is 13.7. The monoisotopic (exact) mass is 263 g/mol. The maximum Gasteiger partial charge on any atom is 0.0537 e. The quantitative estimate of drug-likeness (QED) is 0.848. The van der Waals surface area contributed by atoms with E-state index in [1.54, 1.807) is 0 Å². The van der Waals surface area contributed by atoms with Crippen molar-refractivity contribution < 1.29 is 0 Å². The zero-order valence-corrected chi connectivity index (χ0v) is 12.7. The van der Waals surface area contributed by atoms with Crippen molar-refractivity contribution in [3.8, 4) is 0 Å². The normalized spacial score (nSPS) is 25.4. The lowest BCUT2D eigenvalue weighted by Crippen LogP contribution is -2.30. The summed E-state index contributed by atoms with van der Waals surface area (Å²) in [5.41, 5.74) is 1.36. The van der Waals surface area contributed by atoms with Crippen molar-refractivity contribution in [2.45, 2.75) is 58.4 Å². The Morgan fingerprint density at radius 3 is 2.58 bits per heavy atom. The highest BCUT2D eigenvalue weighted by atomic mass is 15.2. The van der Waals surface area contributed by atoms with E-state index in [9.17, 15) is 0 Å². The standard InChI is InChI=1S/C16H29N3/c1-4-6-13-7-9-14(10-8-13)16(17-5-2)15-11-18-19(3)12-15/h11-14,16-17H,4-10H2,1-3H3. The first-order valence-corrected chi connectivity index (χ1v) is 7.96. The van der Waals surface area contributed by atoms with Crippen LogP contribution in [-0.2, 0) is 7.05 Å². The predicted octanol–water partition coefficient (Wildman–Crippen LogP) is 3.68. The minimum Gasteiger partial charge on any atom is -0.310 e. The van der Waals surface area contributed by atoms with Crippen LogP contribution in [-0.4, -0.2) is 16.3 Å². The second-order valence-electron chi connectivity index (χ2n) is 6.05. The number of hydrogen-bond donors (Lipinski definition) is 1. The molecule has 0 bridgehead atoms. The molecule has 2 rings (SSSR count). The third-order valence-corrected chi connectivity index (χ3v) is 4.57. The third kappa shape index (κ3) is 3.82. The average molecular weight is 263 g/mol. The summed E-state index contributed by atoms with van der Waals surface area (Å²) in [4.78, 5) is 0. The number of aryl methyl sites for hydroxylation is 1. The van der Waals surface area contributed by atoms with Gasteiger partial charge in [-0.2, -0.15) is 5.10 Å². The molecule has 1 fully saturated rings. The smallest absolute Gasteiger partial charge is 0.0537 e. The van der Waals surface area contributed by atoms with Crippen LogP contribution in [0.4, 0.5) is 0 Å². The van der Waals surface area contributed by atoms with E-state index in [2.05, 4.69) is 30.5 Å². The van der Waals surface area contributed by atoms with Crippen molar-refractivity contribution in [2.75, 3.05) is 6.54 Å². The minimum atomic E-state index is 0.501. The first-order valence-electron chi connectivity index (χ1n) is 7.96. The van der Waals surface area contributed by atoms with Crippen molar-refractivity contribution in [2.24, 2.45) is 18.9 Å². The Bertz CT molecular complexity index is 364. The van der Waals surface area contributed by atoms with Gasteiger partial charge in [-0.25, -0.2) is 0 Å². The predicted molar refractivity (Wildman–Crippen MR) is 80.0 cm³/mol. The van der Waals surface area contributed by atoms with E-state index in [-0.39, 0.29) is 0 Å². The van der Waals surface area contributed by atoms with E-state index in [0.29, 0.717) is 6.04 Å². The Balaban J connectivity index is 1.97. The third-order valence-electron chi connectivity index (χ3n) is 4.57. The summed E-state index contributed by atoms with van der Waals surface area (Å²) in [6.07, 6.45) is 12.5. The molecule has 0 aliphatic heterocycles. The molecule has 3 nitrogen and oxygen atoms in total. The molecular weight excluding hydrogens is 234 g/mol. The second-order valence-corrected chi connectivity index (χ2v) is 6.05. The molecule has 1 aliphatic carbocycles. The van der Waals surface area contributed by atoms with E-state index in [1.807, 2.05) is 17.9 Å². The topological polar surface area (TPSA) is 29.9 Å². The van der Waals surface area contributed by atoms with Gasteiger partial charge in [0.1, 0.15) is 0 Å². The van der Waals surface area contributed by atoms with Crippen LogP contribution in [0.15, 0.2) is 12.4 Å². The Labute approximate surface area is 117 Å². The molecule has 1 aliphatic rings. The first kappa shape index (κ1) is 14.6. The van der Waals surface area contributed by atoms with E-state index in [1.165, 1.54) is 44.1 Å². The van der Waals surface area contributed by atoms with Crippen molar-refractivity contribution >= 4 is 0 Å². The fourth-order valence-electron chi connectivity index (χ4n) is 3.60. The van der Waals surface area contributed by atoms with Gasteiger partial charge in [0, 0.05) is 24.8 Å². The molecule has 1 aromatic heterocycles. The maximum atomic E-state index is 4.34. The molecule has 108 valence electrons. The van der Waals surface area contributed by atoms with Gasteiger partial charge in [0.05, 0.1) is 6.20 Å². The highest BCUT2D eigenvalue weighted by Crippen LogP contribution is 2.38. The van der Waals surface area contributed by atoms with Crippen LogP contribution < -0.4 is 5.32 Å². The summed E-state index contributed by atoms with van der Waals surface area (Å²) >= 11 is 0. The summed E-state index contributed by atoms with van der Waals surface area (Å²) in [7, 11) is 2.00. The van der Waals surface area contributed by atoms with Gasteiger partial charge in [-0.1, -0.05) is 39.5 Å². The Kier molecular flexibility index (Phi) is 5.44.